The molecule has 1 aromatic carbocycles. The first-order chi connectivity index (χ1) is 10.3. The molecule has 0 spiro atoms. The van der Waals surface area contributed by atoms with Gasteiger partial charge in [0.1, 0.15) is 12.4 Å². The number of hydrogen-bond donors (Lipinski definition) is 1. The van der Waals surface area contributed by atoms with Gasteiger partial charge < -0.3 is 10.1 Å². The molecule has 1 unspecified atom stereocenters. The molecule has 0 aliphatic rings. The molecule has 0 saturated heterocycles. The second-order valence-corrected chi connectivity index (χ2v) is 6.02. The topological polar surface area (TPSA) is 21.3 Å². The number of unbranched alkanes of at least 4 members (excludes halogenated alkanes) is 5. The minimum absolute atomic E-state index is 0.431. The summed E-state index contributed by atoms with van der Waals surface area (Å²) in [4.78, 5) is 0. The number of benzene rings is 1. The molecule has 0 aliphatic carbocycles. The van der Waals surface area contributed by atoms with Crippen LogP contribution in [-0.2, 0) is 0 Å². The van der Waals surface area contributed by atoms with E-state index in [4.69, 9.17) is 16.3 Å². The third kappa shape index (κ3) is 9.00. The predicted octanol–water partition coefficient (Wildman–Crippen LogP) is 5.45. The SMILES string of the molecule is CCCCCCCCC(COc1cccc(Cl)c1)NCC. The molecule has 0 aromatic heterocycles. The van der Waals surface area contributed by atoms with Crippen LogP contribution in [0.15, 0.2) is 24.3 Å². The summed E-state index contributed by atoms with van der Waals surface area (Å²) in [6.07, 6.45) is 9.21. The van der Waals surface area contributed by atoms with Crippen molar-refractivity contribution in [1.82, 2.24) is 5.32 Å². The number of hydrogen-bond acceptors (Lipinski definition) is 2. The number of rotatable bonds is 12. The molecule has 0 heterocycles. The van der Waals surface area contributed by atoms with Crippen molar-refractivity contribution in [3.05, 3.63) is 29.3 Å². The molecule has 21 heavy (non-hydrogen) atoms. The average Bonchev–Trinajstić information content (AvgIpc) is 2.48. The fourth-order valence-electron chi connectivity index (χ4n) is 2.46. The van der Waals surface area contributed by atoms with Crippen molar-refractivity contribution in [2.75, 3.05) is 13.2 Å². The van der Waals surface area contributed by atoms with E-state index in [0.717, 1.165) is 17.3 Å². The van der Waals surface area contributed by atoms with Gasteiger partial charge in [0.05, 0.1) is 0 Å². The molecule has 0 amide bonds. The number of ether oxygens (including phenoxy) is 1. The van der Waals surface area contributed by atoms with E-state index < -0.39 is 0 Å². The molecule has 0 radical (unpaired) electrons. The van der Waals surface area contributed by atoms with Gasteiger partial charge in [0.2, 0.25) is 0 Å². The number of likely N-dealkylation sites (N-methyl/N-ethyl adjacent to an activating group) is 1. The molecule has 1 N–H and O–H groups in total. The molecular weight excluding hydrogens is 282 g/mol. The summed E-state index contributed by atoms with van der Waals surface area (Å²) in [5.41, 5.74) is 0. The Labute approximate surface area is 135 Å². The first-order valence-corrected chi connectivity index (χ1v) is 8.75. The first-order valence-electron chi connectivity index (χ1n) is 8.38. The van der Waals surface area contributed by atoms with Crippen molar-refractivity contribution in [2.45, 2.75) is 64.8 Å². The third-order valence-corrected chi connectivity index (χ3v) is 3.88. The van der Waals surface area contributed by atoms with Gasteiger partial charge in [-0.1, -0.05) is 70.0 Å². The maximum atomic E-state index is 5.97. The summed E-state index contributed by atoms with van der Waals surface area (Å²) in [6.45, 7) is 6.10. The summed E-state index contributed by atoms with van der Waals surface area (Å²) in [5, 5.41) is 4.24. The summed E-state index contributed by atoms with van der Waals surface area (Å²) >= 11 is 5.97. The van der Waals surface area contributed by atoms with Gasteiger partial charge in [0, 0.05) is 11.1 Å². The zero-order chi connectivity index (χ0) is 15.3. The molecule has 1 aromatic rings. The Morgan fingerprint density at radius 2 is 1.86 bits per heavy atom. The molecule has 0 bridgehead atoms. The standard InChI is InChI=1S/C18H30ClNO/c1-3-5-6-7-8-9-12-17(20-4-2)15-21-18-13-10-11-16(19)14-18/h10-11,13-14,17,20H,3-9,12,15H2,1-2H3. The first kappa shape index (κ1) is 18.3. The lowest BCUT2D eigenvalue weighted by Crippen LogP contribution is -2.34. The van der Waals surface area contributed by atoms with Gasteiger partial charge >= 0.3 is 0 Å². The summed E-state index contributed by atoms with van der Waals surface area (Å²) in [5.74, 6) is 0.855. The second-order valence-electron chi connectivity index (χ2n) is 5.58. The van der Waals surface area contributed by atoms with Gasteiger partial charge in [0.15, 0.2) is 0 Å². The van der Waals surface area contributed by atoms with E-state index in [1.165, 1.54) is 44.9 Å². The highest BCUT2D eigenvalue weighted by atomic mass is 35.5. The van der Waals surface area contributed by atoms with E-state index in [1.807, 2.05) is 24.3 Å². The summed E-state index contributed by atoms with van der Waals surface area (Å²) in [6, 6.07) is 8.05. The Hall–Kier alpha value is -0.730. The highest BCUT2D eigenvalue weighted by Gasteiger charge is 2.08. The quantitative estimate of drug-likeness (QED) is 0.518. The largest absolute Gasteiger partial charge is 0.492 e. The normalized spacial score (nSPS) is 12.3. The smallest absolute Gasteiger partial charge is 0.120 e. The van der Waals surface area contributed by atoms with Crippen LogP contribution in [0.4, 0.5) is 0 Å². The highest BCUT2D eigenvalue weighted by Crippen LogP contribution is 2.17. The van der Waals surface area contributed by atoms with E-state index >= 15 is 0 Å². The molecule has 0 aliphatic heterocycles. The Bertz CT molecular complexity index is 370. The minimum atomic E-state index is 0.431. The maximum Gasteiger partial charge on any atom is 0.120 e. The Kier molecular flexibility index (Phi) is 10.4. The zero-order valence-corrected chi connectivity index (χ0v) is 14.3. The van der Waals surface area contributed by atoms with Crippen molar-refractivity contribution in [3.8, 4) is 5.75 Å². The van der Waals surface area contributed by atoms with Crippen molar-refractivity contribution >= 4 is 11.6 Å². The van der Waals surface area contributed by atoms with Gasteiger partial charge in [-0.2, -0.15) is 0 Å². The van der Waals surface area contributed by atoms with Gasteiger partial charge in [-0.25, -0.2) is 0 Å². The van der Waals surface area contributed by atoms with Gasteiger partial charge in [0.25, 0.3) is 0 Å². The molecule has 3 heteroatoms. The molecule has 0 fully saturated rings. The average molecular weight is 312 g/mol. The van der Waals surface area contributed by atoms with Crippen LogP contribution >= 0.6 is 11.6 Å². The fraction of sp³-hybridized carbons (Fsp3) is 0.667. The van der Waals surface area contributed by atoms with E-state index in [9.17, 15) is 0 Å². The molecule has 0 saturated carbocycles. The van der Waals surface area contributed by atoms with Crippen LogP contribution in [0.25, 0.3) is 0 Å². The lowest BCUT2D eigenvalue weighted by molar-refractivity contribution is 0.255. The van der Waals surface area contributed by atoms with Gasteiger partial charge in [-0.15, -0.1) is 0 Å². The van der Waals surface area contributed by atoms with Gasteiger partial charge in [-0.3, -0.25) is 0 Å². The van der Waals surface area contributed by atoms with E-state index in [-0.39, 0.29) is 0 Å². The van der Waals surface area contributed by atoms with Crippen LogP contribution in [0.5, 0.6) is 5.75 Å². The van der Waals surface area contributed by atoms with Gasteiger partial charge in [-0.05, 0) is 31.2 Å². The third-order valence-electron chi connectivity index (χ3n) is 3.65. The maximum absolute atomic E-state index is 5.97. The van der Waals surface area contributed by atoms with Crippen LogP contribution in [-0.4, -0.2) is 19.2 Å². The molecule has 2 nitrogen and oxygen atoms in total. The molecule has 120 valence electrons. The summed E-state index contributed by atoms with van der Waals surface area (Å²) in [7, 11) is 0. The van der Waals surface area contributed by atoms with Crippen molar-refractivity contribution in [2.24, 2.45) is 0 Å². The van der Waals surface area contributed by atoms with Crippen LogP contribution < -0.4 is 10.1 Å². The predicted molar refractivity (Wildman–Crippen MR) is 92.4 cm³/mol. The monoisotopic (exact) mass is 311 g/mol. The van der Waals surface area contributed by atoms with E-state index in [2.05, 4.69) is 19.2 Å². The minimum Gasteiger partial charge on any atom is -0.492 e. The van der Waals surface area contributed by atoms with Crippen molar-refractivity contribution in [1.29, 1.82) is 0 Å². The lowest BCUT2D eigenvalue weighted by Gasteiger charge is -2.18. The van der Waals surface area contributed by atoms with E-state index in [1.54, 1.807) is 0 Å². The number of halogens is 1. The van der Waals surface area contributed by atoms with E-state index in [0.29, 0.717) is 12.6 Å². The highest BCUT2D eigenvalue weighted by molar-refractivity contribution is 6.30. The van der Waals surface area contributed by atoms with Crippen molar-refractivity contribution in [3.63, 3.8) is 0 Å². The summed E-state index contributed by atoms with van der Waals surface area (Å²) < 4.78 is 5.85. The molecular formula is C18H30ClNO. The molecule has 1 rings (SSSR count). The van der Waals surface area contributed by atoms with Crippen molar-refractivity contribution < 1.29 is 4.74 Å². The Morgan fingerprint density at radius 1 is 1.10 bits per heavy atom. The zero-order valence-electron chi connectivity index (χ0n) is 13.5. The number of nitrogens with one attached hydrogen (secondary N) is 1. The Morgan fingerprint density at radius 3 is 2.57 bits per heavy atom. The lowest BCUT2D eigenvalue weighted by atomic mass is 10.1. The molecule has 1 atom stereocenters. The fourth-order valence-corrected chi connectivity index (χ4v) is 2.64. The second kappa shape index (κ2) is 11.9. The van der Waals surface area contributed by atoms with Crippen LogP contribution in [0.1, 0.15) is 58.8 Å². The Balaban J connectivity index is 2.22. The van der Waals surface area contributed by atoms with Crippen LogP contribution in [0.3, 0.4) is 0 Å². The van der Waals surface area contributed by atoms with Crippen LogP contribution in [0.2, 0.25) is 5.02 Å². The van der Waals surface area contributed by atoms with Crippen LogP contribution in [0, 0.1) is 0 Å².